The van der Waals surface area contributed by atoms with E-state index in [1.54, 1.807) is 13.2 Å². The first-order valence-corrected chi connectivity index (χ1v) is 8.86. The molecule has 0 saturated carbocycles. The Morgan fingerprint density at radius 3 is 2.65 bits per heavy atom. The van der Waals surface area contributed by atoms with Gasteiger partial charge in [-0.1, -0.05) is 30.3 Å². The van der Waals surface area contributed by atoms with Crippen molar-refractivity contribution in [2.45, 2.75) is 6.54 Å². The van der Waals surface area contributed by atoms with Gasteiger partial charge in [-0.25, -0.2) is 9.97 Å². The van der Waals surface area contributed by atoms with Gasteiger partial charge >= 0.3 is 0 Å². The van der Waals surface area contributed by atoms with Crippen LogP contribution in [0.25, 0.3) is 0 Å². The molecule has 1 fully saturated rings. The molecule has 7 nitrogen and oxygen atoms in total. The van der Waals surface area contributed by atoms with E-state index < -0.39 is 0 Å². The maximum absolute atomic E-state index is 12.7. The molecule has 26 heavy (non-hydrogen) atoms. The van der Waals surface area contributed by atoms with Crippen LogP contribution in [0.4, 0.5) is 5.82 Å². The van der Waals surface area contributed by atoms with Crippen molar-refractivity contribution in [1.29, 1.82) is 0 Å². The molecule has 1 aromatic heterocycles. The molecule has 7 heteroatoms. The normalized spacial score (nSPS) is 15.0. The van der Waals surface area contributed by atoms with E-state index in [0.29, 0.717) is 37.8 Å². The fourth-order valence-electron chi connectivity index (χ4n) is 2.96. The number of methoxy groups -OCH3 is 1. The van der Waals surface area contributed by atoms with Crippen LogP contribution in [0.3, 0.4) is 0 Å². The summed E-state index contributed by atoms with van der Waals surface area (Å²) in [6.45, 7) is 5.29. The average molecular weight is 355 g/mol. The zero-order valence-electron chi connectivity index (χ0n) is 15.1. The van der Waals surface area contributed by atoms with Crippen LogP contribution in [0.5, 0.6) is 0 Å². The van der Waals surface area contributed by atoms with E-state index in [1.807, 2.05) is 11.0 Å². The molecular formula is C19H25N5O2. The van der Waals surface area contributed by atoms with Gasteiger partial charge in [-0.15, -0.1) is 0 Å². The van der Waals surface area contributed by atoms with Crippen molar-refractivity contribution < 1.29 is 9.53 Å². The van der Waals surface area contributed by atoms with Gasteiger partial charge in [0.2, 0.25) is 0 Å². The minimum Gasteiger partial charge on any atom is -0.383 e. The number of ether oxygens (including phenoxy) is 1. The number of hydrogen-bond donors (Lipinski definition) is 1. The van der Waals surface area contributed by atoms with Gasteiger partial charge in [0, 0.05) is 52.4 Å². The van der Waals surface area contributed by atoms with Crippen molar-refractivity contribution in [3.05, 3.63) is 54.0 Å². The lowest BCUT2D eigenvalue weighted by Gasteiger charge is -2.34. The van der Waals surface area contributed by atoms with Crippen LogP contribution in [-0.4, -0.2) is 72.1 Å². The van der Waals surface area contributed by atoms with E-state index in [0.717, 1.165) is 19.6 Å². The third-order valence-electron chi connectivity index (χ3n) is 4.41. The van der Waals surface area contributed by atoms with Gasteiger partial charge in [-0.3, -0.25) is 9.69 Å². The van der Waals surface area contributed by atoms with E-state index in [2.05, 4.69) is 44.5 Å². The summed E-state index contributed by atoms with van der Waals surface area (Å²) in [4.78, 5) is 25.2. The minimum absolute atomic E-state index is 0.0402. The van der Waals surface area contributed by atoms with Crippen LogP contribution in [0.2, 0.25) is 0 Å². The van der Waals surface area contributed by atoms with Crippen molar-refractivity contribution >= 4 is 11.7 Å². The van der Waals surface area contributed by atoms with Gasteiger partial charge < -0.3 is 15.0 Å². The second-order valence-electron chi connectivity index (χ2n) is 6.26. The van der Waals surface area contributed by atoms with Crippen LogP contribution >= 0.6 is 0 Å². The van der Waals surface area contributed by atoms with Crippen molar-refractivity contribution in [3.63, 3.8) is 0 Å². The molecule has 0 unspecified atom stereocenters. The van der Waals surface area contributed by atoms with Crippen molar-refractivity contribution in [2.75, 3.05) is 51.8 Å². The molecule has 3 rings (SSSR count). The summed E-state index contributed by atoms with van der Waals surface area (Å²) in [6, 6.07) is 12.1. The van der Waals surface area contributed by atoms with Crippen LogP contribution < -0.4 is 5.32 Å². The van der Waals surface area contributed by atoms with E-state index in [-0.39, 0.29) is 5.91 Å². The third-order valence-corrected chi connectivity index (χ3v) is 4.41. The molecule has 0 atom stereocenters. The summed E-state index contributed by atoms with van der Waals surface area (Å²) < 4.78 is 5.00. The number of nitrogens with zero attached hydrogens (tertiary/aromatic N) is 4. The molecule has 2 heterocycles. The number of carbonyl (C=O) groups is 1. The Balaban J connectivity index is 1.52. The molecule has 138 valence electrons. The number of nitrogens with one attached hydrogen (secondary N) is 1. The van der Waals surface area contributed by atoms with E-state index in [1.165, 1.54) is 11.9 Å². The van der Waals surface area contributed by atoms with Crippen LogP contribution in [0, 0.1) is 0 Å². The molecule has 1 saturated heterocycles. The molecular weight excluding hydrogens is 330 g/mol. The van der Waals surface area contributed by atoms with E-state index in [9.17, 15) is 4.79 Å². The highest BCUT2D eigenvalue weighted by atomic mass is 16.5. The Hall–Kier alpha value is -2.51. The number of rotatable bonds is 7. The van der Waals surface area contributed by atoms with Crippen LogP contribution in [0.15, 0.2) is 42.7 Å². The summed E-state index contributed by atoms with van der Waals surface area (Å²) in [7, 11) is 1.65. The molecule has 0 spiro atoms. The highest BCUT2D eigenvalue weighted by Gasteiger charge is 2.23. The molecule has 0 bridgehead atoms. The monoisotopic (exact) mass is 355 g/mol. The maximum Gasteiger partial charge on any atom is 0.272 e. The quantitative estimate of drug-likeness (QED) is 0.759. The fourth-order valence-corrected chi connectivity index (χ4v) is 2.96. The predicted molar refractivity (Wildman–Crippen MR) is 100 cm³/mol. The smallest absolute Gasteiger partial charge is 0.272 e. The highest BCUT2D eigenvalue weighted by Crippen LogP contribution is 2.12. The molecule has 1 amide bonds. The first-order chi connectivity index (χ1) is 12.8. The number of aromatic nitrogens is 2. The predicted octanol–water partition coefficient (Wildman–Crippen LogP) is 1.49. The van der Waals surface area contributed by atoms with Gasteiger partial charge in [0.15, 0.2) is 0 Å². The van der Waals surface area contributed by atoms with Crippen molar-refractivity contribution in [2.24, 2.45) is 0 Å². The molecule has 2 aromatic rings. The summed E-state index contributed by atoms with van der Waals surface area (Å²) in [5, 5.41) is 3.12. The van der Waals surface area contributed by atoms with Crippen molar-refractivity contribution in [3.8, 4) is 0 Å². The van der Waals surface area contributed by atoms with E-state index >= 15 is 0 Å². The molecule has 0 aliphatic carbocycles. The number of anilines is 1. The number of hydrogen-bond acceptors (Lipinski definition) is 6. The summed E-state index contributed by atoms with van der Waals surface area (Å²) in [6.07, 6.45) is 1.42. The third kappa shape index (κ3) is 5.00. The average Bonchev–Trinajstić information content (AvgIpc) is 2.69. The van der Waals surface area contributed by atoms with Gasteiger partial charge in [0.1, 0.15) is 17.8 Å². The molecule has 1 aliphatic rings. The number of carbonyl (C=O) groups excluding carboxylic acids is 1. The lowest BCUT2D eigenvalue weighted by Crippen LogP contribution is -2.48. The topological polar surface area (TPSA) is 70.6 Å². The first-order valence-electron chi connectivity index (χ1n) is 8.86. The van der Waals surface area contributed by atoms with Crippen LogP contribution in [0.1, 0.15) is 16.1 Å². The first kappa shape index (κ1) is 18.3. The van der Waals surface area contributed by atoms with Gasteiger partial charge in [0.25, 0.3) is 5.91 Å². The van der Waals surface area contributed by atoms with E-state index in [4.69, 9.17) is 4.74 Å². The standard InChI is InChI=1S/C19H25N5O2/c1-26-12-7-20-18-13-17(21-15-22-18)19(25)24-10-8-23(9-11-24)14-16-5-3-2-4-6-16/h2-6,13,15H,7-12,14H2,1H3,(H,20,21,22). The second kappa shape index (κ2) is 9.26. The number of piperazine rings is 1. The zero-order chi connectivity index (χ0) is 18.2. The van der Waals surface area contributed by atoms with Gasteiger partial charge in [-0.05, 0) is 5.56 Å². The highest BCUT2D eigenvalue weighted by molar-refractivity contribution is 5.93. The van der Waals surface area contributed by atoms with Crippen molar-refractivity contribution in [1.82, 2.24) is 19.8 Å². The zero-order valence-corrected chi connectivity index (χ0v) is 15.1. The molecule has 1 aromatic carbocycles. The Morgan fingerprint density at radius 2 is 1.92 bits per heavy atom. The minimum atomic E-state index is -0.0402. The Morgan fingerprint density at radius 1 is 1.15 bits per heavy atom. The summed E-state index contributed by atoms with van der Waals surface area (Å²) in [5.41, 5.74) is 1.73. The molecule has 1 aliphatic heterocycles. The Bertz CT molecular complexity index is 702. The lowest BCUT2D eigenvalue weighted by atomic mass is 10.2. The maximum atomic E-state index is 12.7. The fraction of sp³-hybridized carbons (Fsp3) is 0.421. The number of benzene rings is 1. The van der Waals surface area contributed by atoms with Gasteiger partial charge in [-0.2, -0.15) is 0 Å². The lowest BCUT2D eigenvalue weighted by molar-refractivity contribution is 0.0622. The molecule has 1 N–H and O–H groups in total. The Kier molecular flexibility index (Phi) is 6.51. The largest absolute Gasteiger partial charge is 0.383 e. The van der Waals surface area contributed by atoms with Gasteiger partial charge in [0.05, 0.1) is 6.61 Å². The summed E-state index contributed by atoms with van der Waals surface area (Å²) >= 11 is 0. The second-order valence-corrected chi connectivity index (χ2v) is 6.26. The number of amides is 1. The summed E-state index contributed by atoms with van der Waals surface area (Å²) in [5.74, 6) is 0.602. The Labute approximate surface area is 154 Å². The SMILES string of the molecule is COCCNc1cc(C(=O)N2CCN(Cc3ccccc3)CC2)ncn1. The van der Waals surface area contributed by atoms with Crippen LogP contribution in [-0.2, 0) is 11.3 Å². The molecule has 0 radical (unpaired) electrons.